The van der Waals surface area contributed by atoms with Crippen molar-refractivity contribution >= 4 is 11.8 Å². The summed E-state index contributed by atoms with van der Waals surface area (Å²) in [5.74, 6) is 0.908. The van der Waals surface area contributed by atoms with E-state index in [1.807, 2.05) is 78.9 Å². The summed E-state index contributed by atoms with van der Waals surface area (Å²) in [5.41, 5.74) is 3.68. The number of rotatable bonds is 5. The first kappa shape index (κ1) is 18.1. The number of hydrogen-bond acceptors (Lipinski definition) is 4. The SMILES string of the molecule is COc1cc2c(cc1OC)C(OC)(c1ccccc1)OC(c1ccccc1)=C2. The summed E-state index contributed by atoms with van der Waals surface area (Å²) >= 11 is 0. The van der Waals surface area contributed by atoms with Gasteiger partial charge in [-0.15, -0.1) is 0 Å². The second kappa shape index (κ2) is 7.41. The maximum absolute atomic E-state index is 6.54. The normalized spacial score (nSPS) is 17.9. The van der Waals surface area contributed by atoms with E-state index in [4.69, 9.17) is 18.9 Å². The summed E-state index contributed by atoms with van der Waals surface area (Å²) in [6.07, 6.45) is 2.01. The molecule has 4 heteroatoms. The van der Waals surface area contributed by atoms with Crippen molar-refractivity contribution in [1.29, 1.82) is 0 Å². The maximum Gasteiger partial charge on any atom is 0.264 e. The molecule has 0 radical (unpaired) electrons. The van der Waals surface area contributed by atoms with Gasteiger partial charge in [-0.25, -0.2) is 0 Å². The van der Waals surface area contributed by atoms with Crippen molar-refractivity contribution < 1.29 is 18.9 Å². The number of benzene rings is 3. The molecule has 0 aliphatic carbocycles. The summed E-state index contributed by atoms with van der Waals surface area (Å²) in [7, 11) is 4.91. The van der Waals surface area contributed by atoms with Gasteiger partial charge in [-0.05, 0) is 23.8 Å². The first-order valence-electron chi connectivity index (χ1n) is 9.05. The van der Waals surface area contributed by atoms with Crippen LogP contribution in [-0.2, 0) is 15.3 Å². The van der Waals surface area contributed by atoms with Crippen LogP contribution in [0.5, 0.6) is 11.5 Å². The highest BCUT2D eigenvalue weighted by atomic mass is 16.7. The van der Waals surface area contributed by atoms with Gasteiger partial charge in [0.15, 0.2) is 11.5 Å². The van der Waals surface area contributed by atoms with Gasteiger partial charge in [0.1, 0.15) is 5.76 Å². The lowest BCUT2D eigenvalue weighted by atomic mass is 9.89. The van der Waals surface area contributed by atoms with Gasteiger partial charge < -0.3 is 18.9 Å². The smallest absolute Gasteiger partial charge is 0.264 e. The monoisotopic (exact) mass is 374 g/mol. The average Bonchev–Trinajstić information content (AvgIpc) is 2.78. The van der Waals surface area contributed by atoms with Gasteiger partial charge in [0, 0.05) is 23.8 Å². The Bertz CT molecular complexity index is 996. The summed E-state index contributed by atoms with van der Waals surface area (Å²) in [6, 6.07) is 23.8. The molecule has 3 aromatic carbocycles. The first-order chi connectivity index (χ1) is 13.7. The lowest BCUT2D eigenvalue weighted by Crippen LogP contribution is -2.35. The molecule has 142 valence electrons. The third-order valence-corrected chi connectivity index (χ3v) is 4.95. The van der Waals surface area contributed by atoms with Crippen molar-refractivity contribution in [3.05, 3.63) is 95.1 Å². The van der Waals surface area contributed by atoms with Crippen molar-refractivity contribution in [2.24, 2.45) is 0 Å². The molecule has 1 aliphatic heterocycles. The van der Waals surface area contributed by atoms with E-state index in [9.17, 15) is 0 Å². The van der Waals surface area contributed by atoms with Gasteiger partial charge in [-0.2, -0.15) is 0 Å². The minimum atomic E-state index is -1.10. The first-order valence-corrected chi connectivity index (χ1v) is 9.05. The molecule has 1 aliphatic rings. The predicted octanol–water partition coefficient (Wildman–Crippen LogP) is 5.08. The van der Waals surface area contributed by atoms with Crippen molar-refractivity contribution in [1.82, 2.24) is 0 Å². The topological polar surface area (TPSA) is 36.9 Å². The number of methoxy groups -OCH3 is 3. The van der Waals surface area contributed by atoms with E-state index in [0.29, 0.717) is 11.5 Å². The fourth-order valence-corrected chi connectivity index (χ4v) is 3.57. The molecule has 28 heavy (non-hydrogen) atoms. The van der Waals surface area contributed by atoms with Gasteiger partial charge >= 0.3 is 0 Å². The molecule has 0 aromatic heterocycles. The molecule has 0 saturated carbocycles. The highest BCUT2D eigenvalue weighted by molar-refractivity contribution is 5.82. The zero-order valence-electron chi connectivity index (χ0n) is 16.1. The van der Waals surface area contributed by atoms with E-state index < -0.39 is 5.79 Å². The predicted molar refractivity (Wildman–Crippen MR) is 109 cm³/mol. The molecule has 0 N–H and O–H groups in total. The zero-order valence-corrected chi connectivity index (χ0v) is 16.1. The lowest BCUT2D eigenvalue weighted by molar-refractivity contribution is -0.157. The standard InChI is InChI=1S/C24H22O4/c1-25-22-15-18-14-21(17-10-6-4-7-11-17)28-24(27-3,19-12-8-5-9-13-19)20(18)16-23(22)26-2/h4-16H,1-3H3. The summed E-state index contributed by atoms with van der Waals surface area (Å²) < 4.78 is 23.6. The highest BCUT2D eigenvalue weighted by Crippen LogP contribution is 2.47. The lowest BCUT2D eigenvalue weighted by Gasteiger charge is -2.38. The molecular formula is C24H22O4. The largest absolute Gasteiger partial charge is 0.493 e. The Kier molecular flexibility index (Phi) is 4.80. The van der Waals surface area contributed by atoms with Gasteiger partial charge in [0.25, 0.3) is 5.79 Å². The average molecular weight is 374 g/mol. The number of fused-ring (bicyclic) bond motifs is 1. The minimum Gasteiger partial charge on any atom is -0.493 e. The van der Waals surface area contributed by atoms with Crippen LogP contribution in [0.2, 0.25) is 0 Å². The van der Waals surface area contributed by atoms with Crippen molar-refractivity contribution in [3.8, 4) is 11.5 Å². The van der Waals surface area contributed by atoms with Crippen molar-refractivity contribution in [2.45, 2.75) is 5.79 Å². The number of hydrogen-bond donors (Lipinski definition) is 0. The Labute approximate surface area is 164 Å². The van der Waals surface area contributed by atoms with Crippen LogP contribution in [0.1, 0.15) is 22.3 Å². The van der Waals surface area contributed by atoms with Crippen LogP contribution in [0.15, 0.2) is 72.8 Å². The van der Waals surface area contributed by atoms with E-state index in [1.165, 1.54) is 0 Å². The van der Waals surface area contributed by atoms with Crippen LogP contribution in [-0.4, -0.2) is 21.3 Å². The van der Waals surface area contributed by atoms with Crippen LogP contribution in [0, 0.1) is 0 Å². The van der Waals surface area contributed by atoms with E-state index >= 15 is 0 Å². The van der Waals surface area contributed by atoms with Gasteiger partial charge in [0.2, 0.25) is 0 Å². The molecule has 0 amide bonds. The Morgan fingerprint density at radius 3 is 1.96 bits per heavy atom. The summed E-state index contributed by atoms with van der Waals surface area (Å²) in [4.78, 5) is 0. The molecule has 4 nitrogen and oxygen atoms in total. The van der Waals surface area contributed by atoms with Crippen LogP contribution >= 0.6 is 0 Å². The molecular weight excluding hydrogens is 352 g/mol. The maximum atomic E-state index is 6.54. The summed E-state index contributed by atoms with van der Waals surface area (Å²) in [6.45, 7) is 0. The fraction of sp³-hybridized carbons (Fsp3) is 0.167. The van der Waals surface area contributed by atoms with Gasteiger partial charge in [0.05, 0.1) is 14.2 Å². The molecule has 0 saturated heterocycles. The van der Waals surface area contributed by atoms with E-state index in [-0.39, 0.29) is 0 Å². The number of ether oxygens (including phenoxy) is 4. The third-order valence-electron chi connectivity index (χ3n) is 4.95. The van der Waals surface area contributed by atoms with Crippen LogP contribution in [0.4, 0.5) is 0 Å². The third kappa shape index (κ3) is 2.92. The molecule has 0 bridgehead atoms. The quantitative estimate of drug-likeness (QED) is 0.624. The molecule has 4 rings (SSSR count). The Hall–Kier alpha value is -3.24. The minimum absolute atomic E-state index is 0.624. The Morgan fingerprint density at radius 2 is 1.36 bits per heavy atom. The molecule has 0 spiro atoms. The molecule has 1 unspecified atom stereocenters. The van der Waals surface area contributed by atoms with Crippen LogP contribution in [0.25, 0.3) is 11.8 Å². The van der Waals surface area contributed by atoms with Gasteiger partial charge in [-0.3, -0.25) is 0 Å². The molecule has 1 atom stereocenters. The molecule has 3 aromatic rings. The Balaban J connectivity index is 2.00. The van der Waals surface area contributed by atoms with Crippen LogP contribution in [0.3, 0.4) is 0 Å². The molecule has 0 fully saturated rings. The summed E-state index contributed by atoms with van der Waals surface area (Å²) in [5, 5.41) is 0. The van der Waals surface area contributed by atoms with Crippen LogP contribution < -0.4 is 9.47 Å². The van der Waals surface area contributed by atoms with E-state index in [2.05, 4.69) is 0 Å². The van der Waals surface area contributed by atoms with Crippen molar-refractivity contribution in [2.75, 3.05) is 21.3 Å². The van der Waals surface area contributed by atoms with Crippen molar-refractivity contribution in [3.63, 3.8) is 0 Å². The Morgan fingerprint density at radius 1 is 0.750 bits per heavy atom. The second-order valence-corrected chi connectivity index (χ2v) is 6.46. The fourth-order valence-electron chi connectivity index (χ4n) is 3.57. The highest BCUT2D eigenvalue weighted by Gasteiger charge is 2.43. The van der Waals surface area contributed by atoms with E-state index in [1.54, 1.807) is 21.3 Å². The molecule has 1 heterocycles. The van der Waals surface area contributed by atoms with Gasteiger partial charge in [-0.1, -0.05) is 60.7 Å². The zero-order chi connectivity index (χ0) is 19.6. The van der Waals surface area contributed by atoms with E-state index in [0.717, 1.165) is 28.0 Å². The second-order valence-electron chi connectivity index (χ2n) is 6.46.